The Hall–Kier alpha value is -9.41. The number of carbonyl (C=O) groups is 9. The molecule has 10 atom stereocenters. The Balaban J connectivity index is 1.03. The van der Waals surface area contributed by atoms with Crippen molar-refractivity contribution in [2.24, 2.45) is 11.5 Å². The SMILES string of the molecule is COC(C)=C1NC(=O)C(C(C)O)NC(=O)c2csc(n2)-c2cc(O)c(-c3nc(C(=O)NC(=O)C(N)=O)cs3)nc2-c2csc(n2)C2COC(=O)c3[nH]c4cccc5c4c3COC(C(OC3CC(C)(O)C(N)C(C)O3)C(=O)OC5)C(NC(=O)c3csc1n3)c1nc(cs1)C(=O)N2. The van der Waals surface area contributed by atoms with E-state index in [2.05, 4.69) is 41.2 Å². The summed E-state index contributed by atoms with van der Waals surface area (Å²) in [5, 5.41) is 54.3. The summed E-state index contributed by atoms with van der Waals surface area (Å²) < 4.78 is 37.2. The van der Waals surface area contributed by atoms with Crippen molar-refractivity contribution in [3.8, 4) is 38.4 Å². The third kappa shape index (κ3) is 13.1. The number of nitrogens with one attached hydrogen (secondary N) is 6. The first-order valence-corrected chi connectivity index (χ1v) is 32.9. The van der Waals surface area contributed by atoms with Crippen molar-refractivity contribution >= 4 is 127 Å². The number of aromatic nitrogens is 7. The largest absolute Gasteiger partial charge is 0.506 e. The number of hydrogen-bond donors (Lipinski definition) is 11. The highest BCUT2D eigenvalue weighted by Gasteiger charge is 2.48. The molecule has 1 fully saturated rings. The first-order chi connectivity index (χ1) is 45.3. The molecule has 13 N–H and O–H groups in total. The maximum absolute atomic E-state index is 15.1. The van der Waals surface area contributed by atoms with E-state index in [1.54, 1.807) is 25.1 Å². The lowest BCUT2D eigenvalue weighted by atomic mass is 9.87. The van der Waals surface area contributed by atoms with E-state index in [4.69, 9.17) is 54.8 Å². The van der Waals surface area contributed by atoms with Crippen LogP contribution in [0.2, 0.25) is 0 Å². The molecule has 8 aromatic rings. The number of H-pyrrole nitrogens is 1. The van der Waals surface area contributed by atoms with Crippen LogP contribution in [0, 0.1) is 0 Å². The van der Waals surface area contributed by atoms with Gasteiger partial charge >= 0.3 is 23.8 Å². The lowest BCUT2D eigenvalue weighted by molar-refractivity contribution is -0.269. The molecular formula is C58H54N14O18S5. The molecule has 37 heteroatoms. The second kappa shape index (κ2) is 26.4. The molecule has 4 aliphatic rings. The van der Waals surface area contributed by atoms with E-state index in [1.807, 2.05) is 5.32 Å². The van der Waals surface area contributed by atoms with Crippen LogP contribution in [0.15, 0.2) is 56.9 Å². The Kier molecular flexibility index (Phi) is 18.3. The molecule has 0 saturated carbocycles. The molecule has 11 heterocycles. The molecule has 494 valence electrons. The number of imide groups is 1. The molecule has 12 rings (SSSR count). The summed E-state index contributed by atoms with van der Waals surface area (Å²) >= 11 is 4.41. The summed E-state index contributed by atoms with van der Waals surface area (Å²) in [4.78, 5) is 156. The zero-order valence-electron chi connectivity index (χ0n) is 50.1. The van der Waals surface area contributed by atoms with E-state index >= 15 is 4.79 Å². The smallest absolute Gasteiger partial charge is 0.355 e. The summed E-state index contributed by atoms with van der Waals surface area (Å²) in [5.41, 5.74) is 9.21. The van der Waals surface area contributed by atoms with Gasteiger partial charge in [0, 0.05) is 55.4 Å². The summed E-state index contributed by atoms with van der Waals surface area (Å²) in [6.07, 6.45) is -7.66. The average molecular weight is 1400 g/mol. The van der Waals surface area contributed by atoms with Crippen molar-refractivity contribution < 1.29 is 86.9 Å². The molecule has 95 heavy (non-hydrogen) atoms. The molecule has 0 spiro atoms. The minimum Gasteiger partial charge on any atom is -0.506 e. The fourth-order valence-electron chi connectivity index (χ4n) is 10.6. The zero-order chi connectivity index (χ0) is 67.5. The highest BCUT2D eigenvalue weighted by Crippen LogP contribution is 2.42. The number of thiazole rings is 5. The van der Waals surface area contributed by atoms with Gasteiger partial charge in [0.25, 0.3) is 23.6 Å². The van der Waals surface area contributed by atoms with Crippen LogP contribution < -0.4 is 38.1 Å². The average Bonchev–Trinajstić information content (AvgIpc) is 1.39. The monoisotopic (exact) mass is 1390 g/mol. The molecule has 1 aromatic carbocycles. The van der Waals surface area contributed by atoms with Crippen LogP contribution in [-0.4, -0.2) is 166 Å². The Morgan fingerprint density at radius 1 is 0.821 bits per heavy atom. The number of cyclic esters (lactones) is 2. The second-order valence-corrected chi connectivity index (χ2v) is 26.5. The summed E-state index contributed by atoms with van der Waals surface area (Å²) in [6, 6.07) is 0.720. The fraction of sp³-hybridized carbons (Fsp3) is 0.328. The molecule has 0 aliphatic carbocycles. The van der Waals surface area contributed by atoms with E-state index in [0.29, 0.717) is 16.5 Å². The predicted octanol–water partition coefficient (Wildman–Crippen LogP) is 2.59. The van der Waals surface area contributed by atoms with Gasteiger partial charge < -0.3 is 81.5 Å². The van der Waals surface area contributed by atoms with Gasteiger partial charge in [0.2, 0.25) is 5.91 Å². The van der Waals surface area contributed by atoms with Crippen molar-refractivity contribution in [2.75, 3.05) is 13.7 Å². The summed E-state index contributed by atoms with van der Waals surface area (Å²) in [7, 11) is 1.30. The number of aliphatic hydroxyl groups is 2. The van der Waals surface area contributed by atoms with E-state index < -0.39 is 139 Å². The quantitative estimate of drug-likeness (QED) is 0.0647. The number of hydrogen-bond acceptors (Lipinski definition) is 30. The molecule has 1 saturated heterocycles. The van der Waals surface area contributed by atoms with Crippen LogP contribution >= 0.6 is 56.7 Å². The number of aromatic amines is 1. The van der Waals surface area contributed by atoms with Crippen LogP contribution in [0.25, 0.3) is 49.3 Å². The van der Waals surface area contributed by atoms with Crippen molar-refractivity contribution in [3.63, 3.8) is 0 Å². The van der Waals surface area contributed by atoms with Gasteiger partial charge in [0.05, 0.1) is 37.6 Å². The molecule has 4 aliphatic heterocycles. The van der Waals surface area contributed by atoms with Gasteiger partial charge in [-0.05, 0) is 45.4 Å². The number of benzene rings is 1. The van der Waals surface area contributed by atoms with E-state index in [0.717, 1.165) is 56.7 Å². The highest BCUT2D eigenvalue weighted by molar-refractivity contribution is 7.14. The molecular weight excluding hydrogens is 1340 g/mol. The number of aromatic hydroxyl groups is 1. The number of primary amides is 1. The van der Waals surface area contributed by atoms with Crippen LogP contribution in [0.4, 0.5) is 0 Å². The second-order valence-electron chi connectivity index (χ2n) is 22.2. The number of methoxy groups -OCH3 is 1. The van der Waals surface area contributed by atoms with Crippen molar-refractivity contribution in [1.29, 1.82) is 0 Å². The fourth-order valence-corrected chi connectivity index (χ4v) is 14.8. The molecule has 12 bridgehead atoms. The van der Waals surface area contributed by atoms with Crippen molar-refractivity contribution in [1.82, 2.24) is 61.5 Å². The Bertz CT molecular complexity index is 4490. The van der Waals surface area contributed by atoms with Crippen LogP contribution in [0.3, 0.4) is 0 Å². The molecule has 7 aromatic heterocycles. The number of fused-ring (bicyclic) bond motifs is 15. The van der Waals surface area contributed by atoms with Crippen LogP contribution in [0.1, 0.15) is 125 Å². The van der Waals surface area contributed by atoms with E-state index in [-0.39, 0.29) is 99.6 Å². The number of nitrogens with two attached hydrogens (primary N) is 2. The summed E-state index contributed by atoms with van der Waals surface area (Å²) in [5.74, 6) is -10.1. The third-order valence-electron chi connectivity index (χ3n) is 15.7. The van der Waals surface area contributed by atoms with Gasteiger partial charge in [0.1, 0.15) is 125 Å². The Labute approximate surface area is 554 Å². The van der Waals surface area contributed by atoms with E-state index in [9.17, 15) is 53.7 Å². The van der Waals surface area contributed by atoms with Crippen LogP contribution in [-0.2, 0) is 60.8 Å². The van der Waals surface area contributed by atoms with Gasteiger partial charge in [-0.2, -0.15) is 0 Å². The number of aliphatic hydroxyl groups excluding tert-OH is 1. The zero-order valence-corrected chi connectivity index (χ0v) is 54.1. The minimum absolute atomic E-state index is 0.0138. The maximum Gasteiger partial charge on any atom is 0.355 e. The molecule has 32 nitrogen and oxygen atoms in total. The molecule has 7 amide bonds. The number of ether oxygens (including phenoxy) is 6. The number of pyridine rings is 1. The first kappa shape index (κ1) is 65.6. The number of carbonyl (C=O) groups excluding carboxylic acids is 9. The van der Waals surface area contributed by atoms with Gasteiger partial charge in [-0.1, -0.05) is 12.1 Å². The minimum atomic E-state index is -1.88. The lowest BCUT2D eigenvalue weighted by Gasteiger charge is -2.44. The number of amides is 7. The number of esters is 2. The van der Waals surface area contributed by atoms with Crippen molar-refractivity contribution in [2.45, 2.75) is 108 Å². The standard InChI is InChI=1S/C58H54N14O18S5/c1-19(73)35-49(80)70-36(20(2)85-5)53-65-30(17-93-53)47(78)71-40-41-42(90-33-10-58(4,84)43(59)21(3)89-33)57(83)87-11-22-7-6-8-25-34(22)24(12-86-41)38(61-25)56(82)88-13-26(62-45(76)28-16-95-55(40)67-28)52-63-27(14-92-52)37-23(51-64-29(15-91-51)46(77)69-35)9-32(74)39(68-37)54-66-31(18-94-54)48(79)72-50(81)44(60)75/h6-9,14-19,21,26,33,35,40-43,61,73-74,84H,10-13,59H2,1-5H3,(H2,60,75)(H,62,76)(H,69,77)(H,70,80)(H,71,78)(H,72,79,81). The summed E-state index contributed by atoms with van der Waals surface area (Å²) in [6.45, 7) is 4.29. The normalized spacial score (nSPS) is 24.3. The number of nitrogens with zero attached hydrogens (tertiary/aromatic N) is 6. The number of rotatable bonds is 6. The third-order valence-corrected chi connectivity index (χ3v) is 20.1. The topological polar surface area (TPSA) is 475 Å². The Morgan fingerprint density at radius 3 is 2.23 bits per heavy atom. The first-order valence-electron chi connectivity index (χ1n) is 28.6. The van der Waals surface area contributed by atoms with Gasteiger partial charge in [-0.25, -0.2) is 39.5 Å². The maximum atomic E-state index is 15.1. The van der Waals surface area contributed by atoms with Gasteiger partial charge in [0.15, 0.2) is 12.4 Å². The van der Waals surface area contributed by atoms with E-state index in [1.165, 1.54) is 60.8 Å². The number of allylic oxidation sites excluding steroid dienone is 1. The van der Waals surface area contributed by atoms with Gasteiger partial charge in [-0.3, -0.25) is 38.9 Å². The lowest BCUT2D eigenvalue weighted by Crippen LogP contribution is -2.61. The molecule has 10 unspecified atom stereocenters. The molecule has 0 radical (unpaired) electrons. The van der Waals surface area contributed by atoms with Crippen molar-refractivity contribution in [3.05, 3.63) is 112 Å². The Morgan fingerprint density at radius 2 is 1.49 bits per heavy atom. The van der Waals surface area contributed by atoms with Crippen LogP contribution in [0.5, 0.6) is 5.75 Å². The van der Waals surface area contributed by atoms with Gasteiger partial charge in [-0.15, -0.1) is 56.7 Å². The highest BCUT2D eigenvalue weighted by atomic mass is 32.1. The predicted molar refractivity (Wildman–Crippen MR) is 336 cm³/mol.